The van der Waals surface area contributed by atoms with Crippen molar-refractivity contribution in [3.63, 3.8) is 0 Å². The van der Waals surface area contributed by atoms with Crippen molar-refractivity contribution >= 4 is 41.0 Å². The molecule has 0 spiro atoms. The Balaban J connectivity index is 1.99. The summed E-state index contributed by atoms with van der Waals surface area (Å²) in [5.41, 5.74) is -0.315. The van der Waals surface area contributed by atoms with E-state index < -0.39 is 120 Å². The average molecular weight is 1030 g/mol. The fraction of sp³-hybridized carbons (Fsp3) is 0.732. The molecule has 0 radical (unpaired) electrons. The van der Waals surface area contributed by atoms with E-state index in [1.165, 1.54) is 35.2 Å². The number of rotatable bonds is 10. The van der Waals surface area contributed by atoms with Gasteiger partial charge in [-0.25, -0.2) is 4.79 Å². The van der Waals surface area contributed by atoms with Gasteiger partial charge in [-0.1, -0.05) is 71.1 Å². The molecule has 3 rings (SSSR count). The van der Waals surface area contributed by atoms with Crippen LogP contribution < -0.4 is 0 Å². The topological polar surface area (TPSA) is 250 Å². The Morgan fingerprint density at radius 3 is 2.12 bits per heavy atom. The number of piperidine rings is 1. The van der Waals surface area contributed by atoms with E-state index in [2.05, 4.69) is 0 Å². The van der Waals surface area contributed by atoms with Crippen molar-refractivity contribution in [2.75, 3.05) is 41.1 Å². The lowest BCUT2D eigenvalue weighted by Gasteiger charge is -2.38. The number of cyclic esters (lactones) is 1. The molecule has 0 unspecified atom stereocenters. The Morgan fingerprint density at radius 1 is 0.808 bits per heavy atom. The van der Waals surface area contributed by atoms with E-state index >= 15 is 0 Å². The molecule has 0 aromatic rings. The average Bonchev–Trinajstić information content (AvgIpc) is 3.37. The summed E-state index contributed by atoms with van der Waals surface area (Å²) < 4.78 is 29.0. The minimum Gasteiger partial charge on any atom is -0.460 e. The standard InChI is InChI=1S/C56H87NO16/c1-33-17-13-12-14-18-34(2)45(69-9)29-41(60)22-20-35(3)48(62)51(65)53(66)57-24-16-15-19-42(57)54(67)72-46(30-43(61)36(4)26-39(7)50(64)52(71-11)49(63)38(6)25-33)37(5)27-40-21-23-44(47(28-40)70-10)73-55(68)56(8,31-58)32-59/h12-14,17-18,26,33,35-38,40-42,44-47,50,52,58-60,64H,15-16,19-25,27-32H2,1-11H3/b14-12+,17-13+,34-18?,39-26+/t33-,35-,36-,37-,38-,40+,41+,42+,44-,45+,46+,47-,50-,52+/m1/s1. The van der Waals surface area contributed by atoms with Gasteiger partial charge in [0.25, 0.3) is 11.7 Å². The van der Waals surface area contributed by atoms with E-state index in [9.17, 15) is 54.0 Å². The van der Waals surface area contributed by atoms with Crippen molar-refractivity contribution in [3.8, 4) is 0 Å². The number of hydrogen-bond acceptors (Lipinski definition) is 16. The molecule has 73 heavy (non-hydrogen) atoms. The van der Waals surface area contributed by atoms with Crippen molar-refractivity contribution < 1.29 is 77.7 Å². The highest BCUT2D eigenvalue weighted by Gasteiger charge is 2.43. The number of methoxy groups -OCH3 is 3. The van der Waals surface area contributed by atoms with Crippen molar-refractivity contribution in [1.29, 1.82) is 0 Å². The summed E-state index contributed by atoms with van der Waals surface area (Å²) in [5, 5.41) is 42.0. The molecule has 0 aromatic heterocycles. The van der Waals surface area contributed by atoms with Crippen molar-refractivity contribution in [2.45, 2.75) is 181 Å². The normalized spacial score (nSPS) is 34.3. The number of amides is 1. The van der Waals surface area contributed by atoms with Crippen LogP contribution in [0.15, 0.2) is 47.6 Å². The number of ether oxygens (including phenoxy) is 5. The Hall–Kier alpha value is -4.23. The zero-order valence-electron chi connectivity index (χ0n) is 45.3. The van der Waals surface area contributed by atoms with Crippen LogP contribution in [0.3, 0.4) is 0 Å². The second-order valence-electron chi connectivity index (χ2n) is 21.4. The number of ketones is 4. The molecule has 2 fully saturated rings. The zero-order chi connectivity index (χ0) is 54.7. The first-order valence-corrected chi connectivity index (χ1v) is 26.2. The number of carbonyl (C=O) groups is 7. The third-order valence-corrected chi connectivity index (χ3v) is 15.3. The van der Waals surface area contributed by atoms with Gasteiger partial charge in [0.1, 0.15) is 41.7 Å². The monoisotopic (exact) mass is 1030 g/mol. The fourth-order valence-corrected chi connectivity index (χ4v) is 10.1. The SMILES string of the molecule is CO[C@H]1C[C@@H](O)CC[C@@H](C)C(=O)C(=O)C(=O)N2CCCC[C@H]2C(=O)O[C@H]([C@H](C)C[C@@H]2CC[C@@H](OC(=O)C(C)(CO)CO)[C@H](OC)C2)CC(=O)[C@H](C)/C=C(\C)[C@@H](O)[C@@H](OC)C(=O)[C@H](C)C[C@H](C)/C=C/C=C/C=C1C. The third-order valence-electron chi connectivity index (χ3n) is 15.3. The van der Waals surface area contributed by atoms with Crippen LogP contribution in [0, 0.1) is 40.9 Å². The molecular formula is C56H87NO16. The summed E-state index contributed by atoms with van der Waals surface area (Å²) in [6.45, 7) is 12.5. The largest absolute Gasteiger partial charge is 0.460 e. The maximum absolute atomic E-state index is 14.4. The van der Waals surface area contributed by atoms with Crippen LogP contribution in [0.2, 0.25) is 0 Å². The zero-order valence-corrected chi connectivity index (χ0v) is 45.3. The first-order valence-electron chi connectivity index (χ1n) is 26.2. The van der Waals surface area contributed by atoms with Gasteiger partial charge >= 0.3 is 11.9 Å². The van der Waals surface area contributed by atoms with Gasteiger partial charge in [0, 0.05) is 58.5 Å². The summed E-state index contributed by atoms with van der Waals surface area (Å²) in [4.78, 5) is 97.4. The van der Waals surface area contributed by atoms with Gasteiger partial charge in [-0.3, -0.25) is 28.8 Å². The number of fused-ring (bicyclic) bond motifs is 1. The minimum atomic E-state index is -1.49. The highest BCUT2D eigenvalue weighted by molar-refractivity contribution is 6.63. The molecule has 17 heteroatoms. The lowest BCUT2D eigenvalue weighted by atomic mass is 9.78. The maximum Gasteiger partial charge on any atom is 0.329 e. The summed E-state index contributed by atoms with van der Waals surface area (Å²) in [6, 6.07) is -1.22. The number of hydrogen-bond donors (Lipinski definition) is 4. The molecule has 0 aromatic carbocycles. The molecule has 3 aliphatic rings. The van der Waals surface area contributed by atoms with Gasteiger partial charge in [-0.2, -0.15) is 0 Å². The molecule has 2 heterocycles. The molecule has 1 amide bonds. The van der Waals surface area contributed by atoms with Gasteiger partial charge < -0.3 is 49.0 Å². The van der Waals surface area contributed by atoms with Crippen molar-refractivity contribution in [2.24, 2.45) is 40.9 Å². The van der Waals surface area contributed by atoms with E-state index in [1.54, 1.807) is 26.8 Å². The lowest BCUT2D eigenvalue weighted by molar-refractivity contribution is -0.177. The van der Waals surface area contributed by atoms with Gasteiger partial charge in [0.2, 0.25) is 5.78 Å². The van der Waals surface area contributed by atoms with Crippen LogP contribution in [0.4, 0.5) is 0 Å². The highest BCUT2D eigenvalue weighted by atomic mass is 16.6. The van der Waals surface area contributed by atoms with Crippen LogP contribution in [0.5, 0.6) is 0 Å². The van der Waals surface area contributed by atoms with Crippen LogP contribution in [0.1, 0.15) is 132 Å². The summed E-state index contributed by atoms with van der Waals surface area (Å²) in [7, 11) is 4.38. The highest BCUT2D eigenvalue weighted by Crippen LogP contribution is 2.36. The molecule has 2 aliphatic heterocycles. The second-order valence-corrected chi connectivity index (χ2v) is 21.4. The molecule has 412 valence electrons. The predicted molar refractivity (Wildman–Crippen MR) is 272 cm³/mol. The van der Waals surface area contributed by atoms with E-state index in [0.717, 1.165) is 10.5 Å². The number of esters is 2. The first kappa shape index (κ1) is 63.1. The summed E-state index contributed by atoms with van der Waals surface area (Å²) in [6.07, 6.45) is 8.53. The van der Waals surface area contributed by atoms with Crippen LogP contribution in [-0.2, 0) is 57.2 Å². The molecule has 1 saturated heterocycles. The molecular weight excluding hydrogens is 943 g/mol. The maximum atomic E-state index is 14.4. The van der Waals surface area contributed by atoms with E-state index in [0.29, 0.717) is 50.5 Å². The van der Waals surface area contributed by atoms with Crippen molar-refractivity contribution in [1.82, 2.24) is 4.90 Å². The first-order chi connectivity index (χ1) is 34.5. The Labute approximate surface area is 433 Å². The van der Waals surface area contributed by atoms with E-state index in [-0.39, 0.29) is 62.1 Å². The second kappa shape index (κ2) is 30.4. The number of aliphatic hydroxyl groups is 4. The number of carbonyl (C=O) groups excluding carboxylic acids is 7. The third kappa shape index (κ3) is 18.2. The number of nitrogens with zero attached hydrogens (tertiary/aromatic N) is 1. The molecule has 14 atom stereocenters. The smallest absolute Gasteiger partial charge is 0.329 e. The van der Waals surface area contributed by atoms with Crippen LogP contribution in [0.25, 0.3) is 0 Å². The van der Waals surface area contributed by atoms with Crippen LogP contribution in [-0.4, -0.2) is 156 Å². The summed E-state index contributed by atoms with van der Waals surface area (Å²) in [5.74, 6) is -8.26. The Bertz CT molecular complexity index is 1990. The quantitative estimate of drug-likeness (QED) is 0.119. The number of allylic oxidation sites excluding steroid dienone is 6. The molecule has 0 bridgehead atoms. The number of Topliss-reactive ketones (excluding diaryl/α,β-unsaturated/α-hetero) is 4. The van der Waals surface area contributed by atoms with Crippen molar-refractivity contribution in [3.05, 3.63) is 47.6 Å². The van der Waals surface area contributed by atoms with Crippen LogP contribution >= 0.6 is 0 Å². The number of aliphatic hydroxyl groups excluding tert-OH is 4. The van der Waals surface area contributed by atoms with Gasteiger partial charge in [-0.15, -0.1) is 0 Å². The molecule has 1 saturated carbocycles. The van der Waals surface area contributed by atoms with Gasteiger partial charge in [0.05, 0.1) is 31.5 Å². The Morgan fingerprint density at radius 2 is 1.49 bits per heavy atom. The summed E-state index contributed by atoms with van der Waals surface area (Å²) >= 11 is 0. The van der Waals surface area contributed by atoms with E-state index in [4.69, 9.17) is 23.7 Å². The lowest BCUT2D eigenvalue weighted by Crippen LogP contribution is -2.53. The minimum absolute atomic E-state index is 0.0137. The predicted octanol–water partition coefficient (Wildman–Crippen LogP) is 5.57. The van der Waals surface area contributed by atoms with Gasteiger partial charge in [-0.05, 0) is 114 Å². The molecule has 4 N–H and O–H groups in total. The van der Waals surface area contributed by atoms with E-state index in [1.807, 2.05) is 51.2 Å². The molecule has 17 nitrogen and oxygen atoms in total. The van der Waals surface area contributed by atoms with Gasteiger partial charge in [0.15, 0.2) is 5.78 Å². The molecule has 1 aliphatic carbocycles. The fourth-order valence-electron chi connectivity index (χ4n) is 10.1. The Kier molecular flexibility index (Phi) is 26.2.